The average Bonchev–Trinajstić information content (AvgIpc) is 3.10. The lowest BCUT2D eigenvalue weighted by molar-refractivity contribution is -0.137. The van der Waals surface area contributed by atoms with Gasteiger partial charge in [0.1, 0.15) is 10.8 Å². The van der Waals surface area contributed by atoms with Crippen LogP contribution in [-0.4, -0.2) is 16.6 Å². The molecular weight excluding hydrogens is 387 g/mol. The Hall–Kier alpha value is -2.80. The van der Waals surface area contributed by atoms with Crippen LogP contribution in [0.5, 0.6) is 0 Å². The van der Waals surface area contributed by atoms with E-state index < -0.39 is 11.7 Å². The Morgan fingerprint density at radius 2 is 1.75 bits per heavy atom. The Morgan fingerprint density at radius 3 is 2.39 bits per heavy atom. The lowest BCUT2D eigenvalue weighted by Gasteiger charge is -2.07. The van der Waals surface area contributed by atoms with Crippen molar-refractivity contribution < 1.29 is 22.8 Å². The Labute approximate surface area is 163 Å². The molecule has 0 saturated heterocycles. The fraction of sp³-hybridized carbons (Fsp3) is 0.190. The zero-order chi connectivity index (χ0) is 20.3. The van der Waals surface area contributed by atoms with Gasteiger partial charge in [-0.15, -0.1) is 11.3 Å². The first-order chi connectivity index (χ1) is 13.2. The van der Waals surface area contributed by atoms with E-state index in [1.807, 2.05) is 0 Å². The molecule has 1 heterocycles. The van der Waals surface area contributed by atoms with Crippen LogP contribution < -0.4 is 0 Å². The van der Waals surface area contributed by atoms with E-state index in [4.69, 9.17) is 0 Å². The van der Waals surface area contributed by atoms with E-state index in [-0.39, 0.29) is 18.0 Å². The molecular formula is C21H16F3NO2S. The number of nitrogens with zero attached hydrogens (tertiary/aromatic N) is 1. The van der Waals surface area contributed by atoms with Crippen molar-refractivity contribution in [3.8, 4) is 11.3 Å². The molecule has 7 heteroatoms. The van der Waals surface area contributed by atoms with Gasteiger partial charge in [0.05, 0.1) is 17.7 Å². The highest BCUT2D eigenvalue weighted by molar-refractivity contribution is 7.10. The summed E-state index contributed by atoms with van der Waals surface area (Å²) >= 11 is 1.23. The minimum absolute atomic E-state index is 0.0454. The molecule has 2 aromatic carbocycles. The first-order valence-electron chi connectivity index (χ1n) is 8.46. The van der Waals surface area contributed by atoms with Crippen LogP contribution in [0.2, 0.25) is 0 Å². The summed E-state index contributed by atoms with van der Waals surface area (Å²) < 4.78 is 38.6. The third-order valence-corrected chi connectivity index (χ3v) is 4.93. The molecule has 0 unspecified atom stereocenters. The summed E-state index contributed by atoms with van der Waals surface area (Å²) in [5.41, 5.74) is 1.38. The van der Waals surface area contributed by atoms with Gasteiger partial charge in [0.2, 0.25) is 0 Å². The van der Waals surface area contributed by atoms with Crippen molar-refractivity contribution in [1.82, 2.24) is 4.98 Å². The van der Waals surface area contributed by atoms with Gasteiger partial charge < -0.3 is 0 Å². The maximum absolute atomic E-state index is 12.9. The van der Waals surface area contributed by atoms with Gasteiger partial charge in [-0.1, -0.05) is 36.4 Å². The molecule has 0 aliphatic rings. The number of benzene rings is 2. The van der Waals surface area contributed by atoms with Crippen LogP contribution in [0.3, 0.4) is 0 Å². The van der Waals surface area contributed by atoms with Gasteiger partial charge in [-0.3, -0.25) is 9.59 Å². The highest BCUT2D eigenvalue weighted by atomic mass is 32.1. The van der Waals surface area contributed by atoms with Crippen LogP contribution >= 0.6 is 11.3 Å². The van der Waals surface area contributed by atoms with E-state index in [1.165, 1.54) is 24.3 Å². The second-order valence-corrected chi connectivity index (χ2v) is 7.32. The summed E-state index contributed by atoms with van der Waals surface area (Å²) in [5.74, 6) is -0.0942. The lowest BCUT2D eigenvalue weighted by Crippen LogP contribution is -2.05. The topological polar surface area (TPSA) is 47.0 Å². The molecule has 0 atom stereocenters. The van der Waals surface area contributed by atoms with Crippen LogP contribution in [0.1, 0.15) is 33.4 Å². The molecule has 0 aliphatic carbocycles. The number of ketones is 2. The van der Waals surface area contributed by atoms with Crippen molar-refractivity contribution in [3.63, 3.8) is 0 Å². The second-order valence-electron chi connectivity index (χ2n) is 6.38. The van der Waals surface area contributed by atoms with Crippen molar-refractivity contribution in [3.05, 3.63) is 75.6 Å². The fourth-order valence-corrected chi connectivity index (χ4v) is 3.52. The molecule has 0 N–H and O–H groups in total. The molecule has 0 bridgehead atoms. The maximum atomic E-state index is 12.9. The third kappa shape index (κ3) is 4.92. The highest BCUT2D eigenvalue weighted by Gasteiger charge is 2.30. The van der Waals surface area contributed by atoms with Crippen LogP contribution in [0.25, 0.3) is 11.3 Å². The first kappa shape index (κ1) is 19.9. The summed E-state index contributed by atoms with van der Waals surface area (Å²) in [6.07, 6.45) is -4.03. The minimum atomic E-state index is -4.42. The normalized spacial score (nSPS) is 11.4. The number of hydrogen-bond donors (Lipinski definition) is 0. The van der Waals surface area contributed by atoms with Crippen LogP contribution in [0.15, 0.2) is 53.9 Å². The highest BCUT2D eigenvalue weighted by Crippen LogP contribution is 2.32. The number of aromatic nitrogens is 1. The number of carbonyl (C=O) groups excluding carboxylic acids is 2. The zero-order valence-corrected chi connectivity index (χ0v) is 15.7. The van der Waals surface area contributed by atoms with Crippen LogP contribution in [-0.2, 0) is 23.8 Å². The zero-order valence-electron chi connectivity index (χ0n) is 14.9. The number of hydrogen-bond acceptors (Lipinski definition) is 4. The number of rotatable bonds is 6. The predicted molar refractivity (Wildman–Crippen MR) is 101 cm³/mol. The van der Waals surface area contributed by atoms with Gasteiger partial charge in [0.15, 0.2) is 5.78 Å². The fourth-order valence-electron chi connectivity index (χ4n) is 2.71. The van der Waals surface area contributed by atoms with Crippen LogP contribution in [0.4, 0.5) is 13.2 Å². The molecule has 0 saturated carbocycles. The van der Waals surface area contributed by atoms with E-state index >= 15 is 0 Å². The minimum Gasteiger partial charge on any atom is -0.300 e. The van der Waals surface area contributed by atoms with Crippen molar-refractivity contribution in [2.75, 3.05) is 0 Å². The summed E-state index contributed by atoms with van der Waals surface area (Å²) in [4.78, 5) is 27.9. The maximum Gasteiger partial charge on any atom is 0.416 e. The molecule has 0 radical (unpaired) electrons. The molecule has 0 fully saturated rings. The van der Waals surface area contributed by atoms with Crippen molar-refractivity contribution in [2.24, 2.45) is 0 Å². The Kier molecular flexibility index (Phi) is 5.74. The molecule has 0 amide bonds. The number of Topliss-reactive ketones (excluding diaryl/α,β-unsaturated/α-hetero) is 2. The molecule has 3 aromatic rings. The summed E-state index contributed by atoms with van der Waals surface area (Å²) in [6, 6.07) is 11.8. The van der Waals surface area contributed by atoms with Gasteiger partial charge in [0, 0.05) is 22.9 Å². The molecule has 144 valence electrons. The second kappa shape index (κ2) is 8.06. The number of alkyl halides is 3. The molecule has 28 heavy (non-hydrogen) atoms. The van der Waals surface area contributed by atoms with Gasteiger partial charge >= 0.3 is 6.18 Å². The van der Waals surface area contributed by atoms with E-state index in [0.29, 0.717) is 28.2 Å². The van der Waals surface area contributed by atoms with Gasteiger partial charge in [-0.05, 0) is 24.6 Å². The molecule has 3 rings (SSSR count). The van der Waals surface area contributed by atoms with E-state index in [2.05, 4.69) is 4.98 Å². The molecule has 0 aliphatic heterocycles. The number of halogens is 3. The predicted octanol–water partition coefficient (Wildman–Crippen LogP) is 5.39. The summed E-state index contributed by atoms with van der Waals surface area (Å²) in [5, 5.41) is 2.18. The Morgan fingerprint density at radius 1 is 1.04 bits per heavy atom. The smallest absolute Gasteiger partial charge is 0.300 e. The summed E-state index contributed by atoms with van der Waals surface area (Å²) in [6.45, 7) is 1.50. The number of carbonyl (C=O) groups is 2. The monoisotopic (exact) mass is 403 g/mol. The molecule has 3 nitrogen and oxygen atoms in total. The number of thiazole rings is 1. The largest absolute Gasteiger partial charge is 0.416 e. The Balaban J connectivity index is 1.72. The van der Waals surface area contributed by atoms with Crippen molar-refractivity contribution in [2.45, 2.75) is 25.9 Å². The van der Waals surface area contributed by atoms with E-state index in [9.17, 15) is 22.8 Å². The lowest BCUT2D eigenvalue weighted by atomic mass is 10.0. The van der Waals surface area contributed by atoms with Gasteiger partial charge in [0.25, 0.3) is 0 Å². The van der Waals surface area contributed by atoms with Gasteiger partial charge in [-0.2, -0.15) is 13.2 Å². The standard InChI is InChI=1S/C21H16F3NO2S/c1-13(26)9-14-5-7-15(8-6-14)19(27)11-20-25-18(12-28-20)16-3-2-4-17(10-16)21(22,23)24/h2-8,10,12H,9,11H2,1H3. The molecule has 0 spiro atoms. The quantitative estimate of drug-likeness (QED) is 0.519. The first-order valence-corrected chi connectivity index (χ1v) is 9.34. The average molecular weight is 403 g/mol. The summed E-state index contributed by atoms with van der Waals surface area (Å²) in [7, 11) is 0. The van der Waals surface area contributed by atoms with E-state index in [0.717, 1.165) is 17.7 Å². The molecule has 1 aromatic heterocycles. The SMILES string of the molecule is CC(=O)Cc1ccc(C(=O)Cc2nc(-c3cccc(C(F)(F)F)c3)cs2)cc1. The van der Waals surface area contributed by atoms with Crippen molar-refractivity contribution >= 4 is 22.9 Å². The van der Waals surface area contributed by atoms with Gasteiger partial charge in [-0.25, -0.2) is 4.98 Å². The third-order valence-electron chi connectivity index (χ3n) is 4.08. The van der Waals surface area contributed by atoms with Crippen molar-refractivity contribution in [1.29, 1.82) is 0 Å². The van der Waals surface area contributed by atoms with Crippen LogP contribution in [0, 0.1) is 0 Å². The van der Waals surface area contributed by atoms with E-state index in [1.54, 1.807) is 35.7 Å². The Bertz CT molecular complexity index is 1010.